The van der Waals surface area contributed by atoms with E-state index in [9.17, 15) is 19.7 Å². The molecule has 1 atom stereocenters. The summed E-state index contributed by atoms with van der Waals surface area (Å²) in [6.45, 7) is 3.27. The van der Waals surface area contributed by atoms with E-state index < -0.39 is 17.0 Å². The first-order valence-electron chi connectivity index (χ1n) is 7.93. The summed E-state index contributed by atoms with van der Waals surface area (Å²) in [7, 11) is 1.50. The number of rotatable bonds is 5. The molecule has 0 bridgehead atoms. The Morgan fingerprint density at radius 3 is 2.65 bits per heavy atom. The Morgan fingerprint density at radius 2 is 2.00 bits per heavy atom. The molecule has 8 heteroatoms. The largest absolute Gasteiger partial charge is 0.450 e. The van der Waals surface area contributed by atoms with Gasteiger partial charge in [-0.2, -0.15) is 0 Å². The summed E-state index contributed by atoms with van der Waals surface area (Å²) in [6, 6.07) is 8.49. The van der Waals surface area contributed by atoms with Gasteiger partial charge in [0.15, 0.2) is 6.10 Å². The van der Waals surface area contributed by atoms with E-state index in [2.05, 4.69) is 4.98 Å². The van der Waals surface area contributed by atoms with Crippen LogP contribution in [0.1, 0.15) is 33.5 Å². The van der Waals surface area contributed by atoms with E-state index in [4.69, 9.17) is 4.74 Å². The molecular formula is C18H17N3O5. The highest BCUT2D eigenvalue weighted by Crippen LogP contribution is 2.24. The van der Waals surface area contributed by atoms with Crippen molar-refractivity contribution in [2.24, 2.45) is 7.05 Å². The Hall–Kier alpha value is -3.42. The van der Waals surface area contributed by atoms with Crippen LogP contribution in [-0.4, -0.2) is 32.3 Å². The summed E-state index contributed by atoms with van der Waals surface area (Å²) in [5.41, 5.74) is 1.77. The predicted molar refractivity (Wildman–Crippen MR) is 94.3 cm³/mol. The number of nitrogens with zero attached hydrogens (tertiary/aromatic N) is 2. The highest BCUT2D eigenvalue weighted by Gasteiger charge is 2.26. The van der Waals surface area contributed by atoms with Gasteiger partial charge in [0, 0.05) is 35.3 Å². The molecule has 26 heavy (non-hydrogen) atoms. The van der Waals surface area contributed by atoms with Gasteiger partial charge in [-0.15, -0.1) is 0 Å². The average Bonchev–Trinajstić information content (AvgIpc) is 3.13. The van der Waals surface area contributed by atoms with Crippen LogP contribution in [0.15, 0.2) is 36.5 Å². The van der Waals surface area contributed by atoms with Crippen molar-refractivity contribution in [2.45, 2.75) is 20.0 Å². The van der Waals surface area contributed by atoms with Gasteiger partial charge in [-0.05, 0) is 19.9 Å². The number of nitro groups is 1. The molecule has 1 N–H and O–H groups in total. The van der Waals surface area contributed by atoms with E-state index in [-0.39, 0.29) is 17.2 Å². The van der Waals surface area contributed by atoms with Gasteiger partial charge in [0.1, 0.15) is 5.69 Å². The zero-order chi connectivity index (χ0) is 19.0. The summed E-state index contributed by atoms with van der Waals surface area (Å²) in [4.78, 5) is 38.5. The molecule has 0 aliphatic rings. The van der Waals surface area contributed by atoms with Crippen molar-refractivity contribution in [3.05, 3.63) is 63.6 Å². The predicted octanol–water partition coefficient (Wildman–Crippen LogP) is 3.15. The van der Waals surface area contributed by atoms with Crippen LogP contribution >= 0.6 is 0 Å². The molecule has 3 aromatic rings. The number of aromatic nitrogens is 2. The Morgan fingerprint density at radius 1 is 1.31 bits per heavy atom. The Kier molecular flexibility index (Phi) is 4.33. The summed E-state index contributed by atoms with van der Waals surface area (Å²) >= 11 is 0. The lowest BCUT2D eigenvalue weighted by molar-refractivity contribution is -0.384. The van der Waals surface area contributed by atoms with Gasteiger partial charge in [-0.25, -0.2) is 4.79 Å². The number of carbonyl (C=O) groups is 2. The second kappa shape index (κ2) is 6.47. The highest BCUT2D eigenvalue weighted by atomic mass is 16.6. The minimum absolute atomic E-state index is 0.00648. The molecular weight excluding hydrogens is 338 g/mol. The normalized spacial score (nSPS) is 12.1. The van der Waals surface area contributed by atoms with Crippen molar-refractivity contribution < 1.29 is 19.2 Å². The number of H-pyrrole nitrogens is 1. The summed E-state index contributed by atoms with van der Waals surface area (Å²) < 4.78 is 6.55. The Balaban J connectivity index is 1.84. The van der Waals surface area contributed by atoms with Gasteiger partial charge in [0.2, 0.25) is 5.78 Å². The molecule has 0 aliphatic carbocycles. The molecule has 0 radical (unpaired) electrons. The van der Waals surface area contributed by atoms with Crippen molar-refractivity contribution in [3.63, 3.8) is 0 Å². The molecule has 0 aliphatic heterocycles. The SMILES string of the molecule is Cc1[nH]c2ccccc2c1C(=O)C(C)OC(=O)c1cc([N+](=O)[O-])cn1C. The molecule has 2 aromatic heterocycles. The standard InChI is InChI=1S/C18H17N3O5/c1-10-16(13-6-4-5-7-14(13)19-10)17(22)11(2)26-18(23)15-8-12(21(24)25)9-20(15)3/h4-9,11,19H,1-3H3. The van der Waals surface area contributed by atoms with Crippen LogP contribution in [0.5, 0.6) is 0 Å². The molecule has 8 nitrogen and oxygen atoms in total. The van der Waals surface area contributed by atoms with Crippen molar-refractivity contribution in [1.29, 1.82) is 0 Å². The topological polar surface area (TPSA) is 107 Å². The van der Waals surface area contributed by atoms with E-state index in [1.54, 1.807) is 6.92 Å². The van der Waals surface area contributed by atoms with Crippen LogP contribution in [0.25, 0.3) is 10.9 Å². The number of aromatic amines is 1. The van der Waals surface area contributed by atoms with Crippen molar-refractivity contribution in [2.75, 3.05) is 0 Å². The number of Topliss-reactive ketones (excluding diaryl/α,β-unsaturated/α-hetero) is 1. The molecule has 2 heterocycles. The van der Waals surface area contributed by atoms with Gasteiger partial charge in [0.25, 0.3) is 5.69 Å². The molecule has 0 fully saturated rings. The zero-order valence-electron chi connectivity index (χ0n) is 14.5. The smallest absolute Gasteiger partial charge is 0.355 e. The first kappa shape index (κ1) is 17.4. The number of aryl methyl sites for hydroxylation is 2. The van der Waals surface area contributed by atoms with E-state index in [0.29, 0.717) is 11.3 Å². The number of para-hydroxylation sites is 1. The van der Waals surface area contributed by atoms with E-state index in [1.807, 2.05) is 24.3 Å². The van der Waals surface area contributed by atoms with E-state index >= 15 is 0 Å². The number of esters is 1. The third-order valence-electron chi connectivity index (χ3n) is 4.20. The van der Waals surface area contributed by atoms with Gasteiger partial charge in [-0.1, -0.05) is 18.2 Å². The van der Waals surface area contributed by atoms with Crippen LogP contribution in [0.2, 0.25) is 0 Å². The van der Waals surface area contributed by atoms with E-state index in [0.717, 1.165) is 17.0 Å². The number of fused-ring (bicyclic) bond motifs is 1. The van der Waals surface area contributed by atoms with Crippen molar-refractivity contribution in [1.82, 2.24) is 9.55 Å². The lowest BCUT2D eigenvalue weighted by Gasteiger charge is -2.12. The molecule has 1 aromatic carbocycles. The monoisotopic (exact) mass is 355 g/mol. The Labute approximate surface area is 148 Å². The molecule has 0 saturated heterocycles. The number of ketones is 1. The molecule has 1 unspecified atom stereocenters. The lowest BCUT2D eigenvalue weighted by Crippen LogP contribution is -2.25. The fraction of sp³-hybridized carbons (Fsp3) is 0.222. The zero-order valence-corrected chi connectivity index (χ0v) is 14.5. The second-order valence-corrected chi connectivity index (χ2v) is 6.03. The van der Waals surface area contributed by atoms with Gasteiger partial charge < -0.3 is 14.3 Å². The number of hydrogen-bond acceptors (Lipinski definition) is 5. The third kappa shape index (κ3) is 2.97. The number of nitrogens with one attached hydrogen (secondary N) is 1. The summed E-state index contributed by atoms with van der Waals surface area (Å²) in [5.74, 6) is -1.13. The Bertz CT molecular complexity index is 1030. The van der Waals surface area contributed by atoms with Crippen LogP contribution < -0.4 is 0 Å². The maximum Gasteiger partial charge on any atom is 0.355 e. The van der Waals surface area contributed by atoms with Crippen molar-refractivity contribution >= 4 is 28.3 Å². The van der Waals surface area contributed by atoms with Crippen LogP contribution in [0.3, 0.4) is 0 Å². The summed E-state index contributed by atoms with van der Waals surface area (Å²) in [5, 5.41) is 11.6. The quantitative estimate of drug-likeness (QED) is 0.327. The number of ether oxygens (including phenoxy) is 1. The van der Waals surface area contributed by atoms with E-state index in [1.165, 1.54) is 24.7 Å². The highest BCUT2D eigenvalue weighted by molar-refractivity contribution is 6.11. The number of hydrogen-bond donors (Lipinski definition) is 1. The molecule has 3 rings (SSSR count). The van der Waals surface area contributed by atoms with Crippen LogP contribution in [0, 0.1) is 17.0 Å². The first-order valence-corrected chi connectivity index (χ1v) is 7.93. The lowest BCUT2D eigenvalue weighted by atomic mass is 10.0. The minimum Gasteiger partial charge on any atom is -0.450 e. The van der Waals surface area contributed by atoms with Crippen LogP contribution in [-0.2, 0) is 11.8 Å². The molecule has 0 amide bonds. The fourth-order valence-electron chi connectivity index (χ4n) is 2.92. The summed E-state index contributed by atoms with van der Waals surface area (Å²) in [6.07, 6.45) is 0.182. The first-order chi connectivity index (χ1) is 12.3. The number of carbonyl (C=O) groups excluding carboxylic acids is 2. The maximum atomic E-state index is 12.8. The molecule has 0 saturated carbocycles. The minimum atomic E-state index is -1.03. The molecule has 0 spiro atoms. The average molecular weight is 355 g/mol. The number of benzene rings is 1. The van der Waals surface area contributed by atoms with Gasteiger partial charge >= 0.3 is 5.97 Å². The van der Waals surface area contributed by atoms with Gasteiger partial charge in [-0.3, -0.25) is 14.9 Å². The molecule has 134 valence electrons. The van der Waals surface area contributed by atoms with Crippen molar-refractivity contribution in [3.8, 4) is 0 Å². The van der Waals surface area contributed by atoms with Gasteiger partial charge in [0.05, 0.1) is 11.1 Å². The fourth-order valence-corrected chi connectivity index (χ4v) is 2.92. The third-order valence-corrected chi connectivity index (χ3v) is 4.20. The second-order valence-electron chi connectivity index (χ2n) is 6.03. The maximum absolute atomic E-state index is 12.8. The van der Waals surface area contributed by atoms with Crippen LogP contribution in [0.4, 0.5) is 5.69 Å².